The number of carbonyl (C=O) groups is 1. The first kappa shape index (κ1) is 18.6. The van der Waals surface area contributed by atoms with Crippen LogP contribution in [0.25, 0.3) is 16.0 Å². The molecule has 5 rings (SSSR count). The van der Waals surface area contributed by atoms with E-state index < -0.39 is 29.8 Å². The summed E-state index contributed by atoms with van der Waals surface area (Å²) in [6, 6.07) is 2.72. The van der Waals surface area contributed by atoms with Gasteiger partial charge in [-0.25, -0.2) is 27.6 Å². The van der Waals surface area contributed by atoms with Crippen LogP contribution in [0, 0.1) is 11.6 Å². The Hall–Kier alpha value is -3.41. The van der Waals surface area contributed by atoms with Crippen molar-refractivity contribution in [3.63, 3.8) is 0 Å². The number of amides is 1. The second kappa shape index (κ2) is 7.13. The van der Waals surface area contributed by atoms with Gasteiger partial charge in [-0.15, -0.1) is 5.10 Å². The smallest absolute Gasteiger partial charge is 0.348 e. The van der Waals surface area contributed by atoms with Gasteiger partial charge in [-0.3, -0.25) is 4.79 Å². The molecule has 12 heteroatoms. The van der Waals surface area contributed by atoms with E-state index >= 15 is 0 Å². The van der Waals surface area contributed by atoms with Gasteiger partial charge in [0.1, 0.15) is 29.2 Å². The summed E-state index contributed by atoms with van der Waals surface area (Å²) in [5.41, 5.74) is -0.0421. The van der Waals surface area contributed by atoms with Crippen molar-refractivity contribution < 1.29 is 13.6 Å². The number of thiazole rings is 1. The highest BCUT2D eigenvalue weighted by atomic mass is 32.1. The lowest BCUT2D eigenvalue weighted by Gasteiger charge is -2.11. The van der Waals surface area contributed by atoms with E-state index in [4.69, 9.17) is 0 Å². The zero-order chi connectivity index (χ0) is 20.8. The summed E-state index contributed by atoms with van der Waals surface area (Å²) in [7, 11) is 0. The molecule has 1 N–H and O–H groups in total. The molecule has 0 bridgehead atoms. The lowest BCUT2D eigenvalue weighted by atomic mass is 10.3. The van der Waals surface area contributed by atoms with E-state index in [-0.39, 0.29) is 5.69 Å². The van der Waals surface area contributed by atoms with Gasteiger partial charge < -0.3 is 10.2 Å². The van der Waals surface area contributed by atoms with Crippen molar-refractivity contribution in [2.24, 2.45) is 0 Å². The highest BCUT2D eigenvalue weighted by molar-refractivity contribution is 7.22. The molecule has 154 valence electrons. The zero-order valence-electron chi connectivity index (χ0n) is 15.5. The maximum atomic E-state index is 13.7. The van der Waals surface area contributed by atoms with Gasteiger partial charge in [-0.1, -0.05) is 11.3 Å². The molecule has 0 spiro atoms. The molecule has 4 heterocycles. The molecule has 1 saturated heterocycles. The number of halogens is 2. The molecule has 0 unspecified atom stereocenters. The number of hydrogen-bond acceptors (Lipinski definition) is 7. The summed E-state index contributed by atoms with van der Waals surface area (Å²) in [6.07, 6.45) is 3.53. The van der Waals surface area contributed by atoms with Crippen LogP contribution in [0.15, 0.2) is 29.3 Å². The summed E-state index contributed by atoms with van der Waals surface area (Å²) in [5.74, 6) is -2.18. The van der Waals surface area contributed by atoms with Crippen LogP contribution in [-0.4, -0.2) is 43.1 Å². The Morgan fingerprint density at radius 3 is 2.83 bits per heavy atom. The third kappa shape index (κ3) is 3.18. The average Bonchev–Trinajstić information content (AvgIpc) is 3.44. The number of hydrogen-bond donors (Lipinski definition) is 1. The van der Waals surface area contributed by atoms with Crippen LogP contribution in [0.5, 0.6) is 0 Å². The number of nitrogens with one attached hydrogen (secondary N) is 1. The molecule has 0 aliphatic carbocycles. The number of fused-ring (bicyclic) bond motifs is 3. The Kier molecular flexibility index (Phi) is 4.42. The highest BCUT2D eigenvalue weighted by Gasteiger charge is 2.21. The minimum atomic E-state index is -0.780. The van der Waals surface area contributed by atoms with Crippen LogP contribution < -0.4 is 15.9 Å². The first-order valence-electron chi connectivity index (χ1n) is 9.24. The van der Waals surface area contributed by atoms with Crippen LogP contribution in [-0.2, 0) is 11.3 Å². The normalized spacial score (nSPS) is 14.1. The van der Waals surface area contributed by atoms with E-state index in [9.17, 15) is 18.4 Å². The summed E-state index contributed by atoms with van der Waals surface area (Å²) >= 11 is 1.40. The van der Waals surface area contributed by atoms with Crippen LogP contribution in [0.3, 0.4) is 0 Å². The van der Waals surface area contributed by atoms with Crippen LogP contribution in [0.1, 0.15) is 12.8 Å². The third-order valence-corrected chi connectivity index (χ3v) is 5.94. The fraction of sp³-hybridized carbons (Fsp3) is 0.278. The molecule has 1 aliphatic rings. The molecule has 1 aromatic carbocycles. The number of carbonyl (C=O) groups excluding carboxylic acids is 1. The maximum Gasteiger partial charge on any atom is 0.352 e. The van der Waals surface area contributed by atoms with E-state index in [1.54, 1.807) is 0 Å². The average molecular weight is 431 g/mol. The quantitative estimate of drug-likeness (QED) is 0.531. The van der Waals surface area contributed by atoms with Gasteiger partial charge in [0, 0.05) is 19.2 Å². The molecular formula is C18H15F2N7O2S. The van der Waals surface area contributed by atoms with Crippen molar-refractivity contribution in [2.45, 2.75) is 19.4 Å². The fourth-order valence-electron chi connectivity index (χ4n) is 3.39. The molecule has 0 atom stereocenters. The van der Waals surface area contributed by atoms with Gasteiger partial charge in [0.05, 0.1) is 5.69 Å². The monoisotopic (exact) mass is 431 g/mol. The first-order chi connectivity index (χ1) is 14.5. The molecule has 1 aliphatic heterocycles. The Labute approximate surface area is 171 Å². The Morgan fingerprint density at radius 1 is 1.23 bits per heavy atom. The lowest BCUT2D eigenvalue weighted by Crippen LogP contribution is -2.28. The second-order valence-corrected chi connectivity index (χ2v) is 7.87. The van der Waals surface area contributed by atoms with E-state index in [1.807, 2.05) is 0 Å². The predicted octanol–water partition coefficient (Wildman–Crippen LogP) is 2.02. The topological polar surface area (TPSA) is 97.4 Å². The Morgan fingerprint density at radius 2 is 2.03 bits per heavy atom. The SMILES string of the molecule is O=C(Cn1nc2c3sc(N4CCCC4)nc3ncn2c1=O)Nc1cc(F)ccc1F. The predicted molar refractivity (Wildman–Crippen MR) is 107 cm³/mol. The molecule has 1 amide bonds. The summed E-state index contributed by atoms with van der Waals surface area (Å²) in [5, 5.41) is 7.33. The largest absolute Gasteiger partial charge is 0.352 e. The second-order valence-electron chi connectivity index (χ2n) is 6.89. The summed E-state index contributed by atoms with van der Waals surface area (Å²) in [6.45, 7) is 1.39. The molecule has 3 aromatic heterocycles. The minimum Gasteiger partial charge on any atom is -0.348 e. The number of nitrogens with zero attached hydrogens (tertiary/aromatic N) is 6. The standard InChI is InChI=1S/C18H15F2N7O2S/c19-10-3-4-11(20)12(7-10)22-13(28)8-27-18(29)26-9-21-15-14(16(26)24-27)30-17(23-15)25-5-1-2-6-25/h3-4,7,9H,1-2,5-6,8H2,(H,22,28). The van der Waals surface area contributed by atoms with Crippen molar-refractivity contribution >= 4 is 44.1 Å². The Balaban J connectivity index is 1.46. The molecule has 0 saturated carbocycles. The first-order valence-corrected chi connectivity index (χ1v) is 10.1. The molecule has 4 aromatic rings. The summed E-state index contributed by atoms with van der Waals surface area (Å²) < 4.78 is 29.9. The van der Waals surface area contributed by atoms with Crippen molar-refractivity contribution in [3.8, 4) is 0 Å². The number of anilines is 2. The zero-order valence-corrected chi connectivity index (χ0v) is 16.3. The fourth-order valence-corrected chi connectivity index (χ4v) is 4.44. The van der Waals surface area contributed by atoms with Crippen LogP contribution in [0.2, 0.25) is 0 Å². The summed E-state index contributed by atoms with van der Waals surface area (Å²) in [4.78, 5) is 35.8. The van der Waals surface area contributed by atoms with E-state index in [1.165, 1.54) is 22.1 Å². The number of aromatic nitrogens is 5. The van der Waals surface area contributed by atoms with Crippen LogP contribution >= 0.6 is 11.3 Å². The van der Waals surface area contributed by atoms with E-state index in [0.29, 0.717) is 16.0 Å². The number of rotatable bonds is 4. The minimum absolute atomic E-state index is 0.307. The van der Waals surface area contributed by atoms with Gasteiger partial charge >= 0.3 is 5.69 Å². The van der Waals surface area contributed by atoms with Gasteiger partial charge in [-0.05, 0) is 25.0 Å². The molecular weight excluding hydrogens is 416 g/mol. The molecule has 1 fully saturated rings. The Bertz CT molecular complexity index is 1340. The van der Waals surface area contributed by atoms with Gasteiger partial charge in [0.15, 0.2) is 16.4 Å². The van der Waals surface area contributed by atoms with Crippen molar-refractivity contribution in [1.82, 2.24) is 24.1 Å². The van der Waals surface area contributed by atoms with Crippen molar-refractivity contribution in [2.75, 3.05) is 23.3 Å². The van der Waals surface area contributed by atoms with Crippen LogP contribution in [0.4, 0.5) is 19.6 Å². The van der Waals surface area contributed by atoms with Crippen molar-refractivity contribution in [1.29, 1.82) is 0 Å². The molecule has 30 heavy (non-hydrogen) atoms. The highest BCUT2D eigenvalue weighted by Crippen LogP contribution is 2.31. The number of benzene rings is 1. The molecule has 0 radical (unpaired) electrons. The molecule has 9 nitrogen and oxygen atoms in total. The lowest BCUT2D eigenvalue weighted by molar-refractivity contribution is -0.117. The van der Waals surface area contributed by atoms with Gasteiger partial charge in [0.2, 0.25) is 5.91 Å². The van der Waals surface area contributed by atoms with Gasteiger partial charge in [-0.2, -0.15) is 4.98 Å². The van der Waals surface area contributed by atoms with E-state index in [0.717, 1.165) is 53.9 Å². The van der Waals surface area contributed by atoms with Crippen molar-refractivity contribution in [3.05, 3.63) is 46.6 Å². The van der Waals surface area contributed by atoms with E-state index in [2.05, 4.69) is 25.3 Å². The van der Waals surface area contributed by atoms with Gasteiger partial charge in [0.25, 0.3) is 0 Å². The third-order valence-electron chi connectivity index (χ3n) is 4.84. The maximum absolute atomic E-state index is 13.7.